The van der Waals surface area contributed by atoms with Gasteiger partial charge in [0.2, 0.25) is 10.0 Å². The van der Waals surface area contributed by atoms with Crippen LogP contribution in [0.25, 0.3) is 0 Å². The first-order valence-corrected chi connectivity index (χ1v) is 8.56. The van der Waals surface area contributed by atoms with Gasteiger partial charge in [0.1, 0.15) is 0 Å². The van der Waals surface area contributed by atoms with Gasteiger partial charge in [0.15, 0.2) is 0 Å². The Balaban J connectivity index is 1.95. The Hall–Kier alpha value is -1.15. The molecule has 0 aromatic heterocycles. The molecule has 0 bridgehead atoms. The summed E-state index contributed by atoms with van der Waals surface area (Å²) < 4.78 is 31.2. The van der Waals surface area contributed by atoms with Crippen molar-refractivity contribution in [2.45, 2.75) is 23.8 Å². The summed E-state index contributed by atoms with van der Waals surface area (Å²) in [7, 11) is -1.97. The van der Waals surface area contributed by atoms with E-state index >= 15 is 0 Å². The molecule has 0 unspecified atom stereocenters. The van der Waals surface area contributed by atoms with Gasteiger partial charge in [-0.25, -0.2) is 13.1 Å². The SMILES string of the molecule is CNS(=O)(=O)c1ccc(N2CCC(OCCO)CC2)cc1. The molecule has 1 aliphatic heterocycles. The number of benzene rings is 1. The number of nitrogens with zero attached hydrogens (tertiary/aromatic N) is 1. The lowest BCUT2D eigenvalue weighted by molar-refractivity contribution is 0.0159. The summed E-state index contributed by atoms with van der Waals surface area (Å²) >= 11 is 0. The molecule has 1 saturated heterocycles. The third-order valence-corrected chi connectivity index (χ3v) is 5.10. The van der Waals surface area contributed by atoms with Crippen molar-refractivity contribution in [3.63, 3.8) is 0 Å². The number of ether oxygens (including phenoxy) is 1. The molecule has 2 rings (SSSR count). The minimum atomic E-state index is -3.38. The van der Waals surface area contributed by atoms with Crippen LogP contribution in [0.5, 0.6) is 0 Å². The zero-order valence-electron chi connectivity index (χ0n) is 12.2. The maximum Gasteiger partial charge on any atom is 0.240 e. The summed E-state index contributed by atoms with van der Waals surface area (Å²) in [6, 6.07) is 6.91. The lowest BCUT2D eigenvalue weighted by Crippen LogP contribution is -2.37. The van der Waals surface area contributed by atoms with E-state index in [4.69, 9.17) is 9.84 Å². The van der Waals surface area contributed by atoms with Crippen LogP contribution in [0.1, 0.15) is 12.8 Å². The molecular weight excluding hydrogens is 292 g/mol. The Bertz CT molecular complexity index is 537. The van der Waals surface area contributed by atoms with E-state index in [1.165, 1.54) is 7.05 Å². The summed E-state index contributed by atoms with van der Waals surface area (Å²) in [4.78, 5) is 2.49. The fourth-order valence-electron chi connectivity index (χ4n) is 2.45. The van der Waals surface area contributed by atoms with E-state index in [2.05, 4.69) is 9.62 Å². The first kappa shape index (κ1) is 16.2. The molecule has 0 amide bonds. The molecule has 0 atom stereocenters. The first-order chi connectivity index (χ1) is 10.1. The van der Waals surface area contributed by atoms with E-state index in [0.717, 1.165) is 31.6 Å². The lowest BCUT2D eigenvalue weighted by atomic mass is 10.1. The van der Waals surface area contributed by atoms with Crippen LogP contribution in [0.2, 0.25) is 0 Å². The van der Waals surface area contributed by atoms with E-state index in [1.807, 2.05) is 12.1 Å². The summed E-state index contributed by atoms with van der Waals surface area (Å²) in [5.41, 5.74) is 1.02. The van der Waals surface area contributed by atoms with Crippen molar-refractivity contribution in [1.82, 2.24) is 4.72 Å². The highest BCUT2D eigenvalue weighted by Gasteiger charge is 2.20. The summed E-state index contributed by atoms with van der Waals surface area (Å²) in [6.07, 6.45) is 2.03. The number of sulfonamides is 1. The van der Waals surface area contributed by atoms with Crippen LogP contribution in [0, 0.1) is 0 Å². The maximum absolute atomic E-state index is 11.7. The third kappa shape index (κ3) is 4.16. The second kappa shape index (κ2) is 7.22. The molecule has 2 N–H and O–H groups in total. The number of aliphatic hydroxyl groups excluding tert-OH is 1. The summed E-state index contributed by atoms with van der Waals surface area (Å²) in [6.45, 7) is 2.19. The first-order valence-electron chi connectivity index (χ1n) is 7.08. The van der Waals surface area contributed by atoms with Gasteiger partial charge < -0.3 is 14.7 Å². The van der Waals surface area contributed by atoms with Crippen molar-refractivity contribution in [1.29, 1.82) is 0 Å². The number of nitrogens with one attached hydrogen (secondary N) is 1. The average molecular weight is 314 g/mol. The van der Waals surface area contributed by atoms with Gasteiger partial charge in [-0.2, -0.15) is 0 Å². The predicted octanol–water partition coefficient (Wildman–Crippen LogP) is 0.572. The molecule has 0 spiro atoms. The molecule has 21 heavy (non-hydrogen) atoms. The van der Waals surface area contributed by atoms with Crippen LogP contribution in [0.4, 0.5) is 5.69 Å². The second-order valence-corrected chi connectivity index (χ2v) is 6.87. The summed E-state index contributed by atoms with van der Waals surface area (Å²) in [5.74, 6) is 0. The van der Waals surface area contributed by atoms with Crippen molar-refractivity contribution in [2.75, 3.05) is 38.3 Å². The largest absolute Gasteiger partial charge is 0.394 e. The van der Waals surface area contributed by atoms with Gasteiger partial charge in [-0.15, -0.1) is 0 Å². The monoisotopic (exact) mass is 314 g/mol. The highest BCUT2D eigenvalue weighted by molar-refractivity contribution is 7.89. The van der Waals surface area contributed by atoms with E-state index < -0.39 is 10.0 Å². The highest BCUT2D eigenvalue weighted by Crippen LogP contribution is 2.22. The number of aliphatic hydroxyl groups is 1. The fourth-order valence-corrected chi connectivity index (χ4v) is 3.18. The van der Waals surface area contributed by atoms with Crippen molar-refractivity contribution in [3.05, 3.63) is 24.3 Å². The Morgan fingerprint density at radius 3 is 2.43 bits per heavy atom. The second-order valence-electron chi connectivity index (χ2n) is 4.98. The third-order valence-electron chi connectivity index (χ3n) is 3.67. The number of anilines is 1. The minimum absolute atomic E-state index is 0.0572. The standard InChI is InChI=1S/C14H22N2O4S/c1-15-21(18,19)14-4-2-12(3-5-14)16-8-6-13(7-9-16)20-11-10-17/h2-5,13,15,17H,6-11H2,1H3. The van der Waals surface area contributed by atoms with Gasteiger partial charge in [-0.3, -0.25) is 0 Å². The fraction of sp³-hybridized carbons (Fsp3) is 0.571. The quantitative estimate of drug-likeness (QED) is 0.803. The normalized spacial score (nSPS) is 17.1. The Labute approximate surface area is 125 Å². The van der Waals surface area contributed by atoms with E-state index in [-0.39, 0.29) is 17.6 Å². The van der Waals surface area contributed by atoms with Crippen LogP contribution in [-0.2, 0) is 14.8 Å². The molecule has 7 heteroatoms. The Kier molecular flexibility index (Phi) is 5.58. The number of rotatable bonds is 6. The number of hydrogen-bond donors (Lipinski definition) is 2. The zero-order chi connectivity index (χ0) is 15.3. The highest BCUT2D eigenvalue weighted by atomic mass is 32.2. The minimum Gasteiger partial charge on any atom is -0.394 e. The van der Waals surface area contributed by atoms with Gasteiger partial charge in [0.05, 0.1) is 24.2 Å². The van der Waals surface area contributed by atoms with Gasteiger partial charge >= 0.3 is 0 Å². The van der Waals surface area contributed by atoms with Crippen LogP contribution < -0.4 is 9.62 Å². The van der Waals surface area contributed by atoms with Gasteiger partial charge in [-0.1, -0.05) is 0 Å². The molecule has 0 saturated carbocycles. The Morgan fingerprint density at radius 1 is 1.29 bits per heavy atom. The van der Waals surface area contributed by atoms with Crippen LogP contribution >= 0.6 is 0 Å². The van der Waals surface area contributed by atoms with E-state index in [1.54, 1.807) is 12.1 Å². The molecule has 1 aromatic carbocycles. The number of hydrogen-bond acceptors (Lipinski definition) is 5. The van der Waals surface area contributed by atoms with E-state index in [9.17, 15) is 8.42 Å². The average Bonchev–Trinajstić information content (AvgIpc) is 2.53. The zero-order valence-corrected chi connectivity index (χ0v) is 13.0. The van der Waals surface area contributed by atoms with Crippen LogP contribution in [0.15, 0.2) is 29.2 Å². The molecule has 0 radical (unpaired) electrons. The summed E-state index contributed by atoms with van der Waals surface area (Å²) in [5, 5.41) is 8.75. The smallest absolute Gasteiger partial charge is 0.240 e. The molecule has 1 aromatic rings. The molecule has 0 aliphatic carbocycles. The van der Waals surface area contributed by atoms with Crippen LogP contribution in [0.3, 0.4) is 0 Å². The van der Waals surface area contributed by atoms with Crippen molar-refractivity contribution in [2.24, 2.45) is 0 Å². The predicted molar refractivity (Wildman–Crippen MR) is 81.0 cm³/mol. The molecule has 6 nitrogen and oxygen atoms in total. The van der Waals surface area contributed by atoms with E-state index in [0.29, 0.717) is 6.61 Å². The van der Waals surface area contributed by atoms with Gasteiger partial charge in [-0.05, 0) is 44.2 Å². The van der Waals surface area contributed by atoms with Crippen molar-refractivity contribution >= 4 is 15.7 Å². The maximum atomic E-state index is 11.7. The van der Waals surface area contributed by atoms with Crippen molar-refractivity contribution in [3.8, 4) is 0 Å². The van der Waals surface area contributed by atoms with Gasteiger partial charge in [0, 0.05) is 18.8 Å². The van der Waals surface area contributed by atoms with Crippen molar-refractivity contribution < 1.29 is 18.3 Å². The molecule has 1 aliphatic rings. The lowest BCUT2D eigenvalue weighted by Gasteiger charge is -2.33. The molecule has 1 fully saturated rings. The molecular formula is C14H22N2O4S. The van der Waals surface area contributed by atoms with Crippen LogP contribution in [-0.4, -0.2) is 53.0 Å². The molecule has 118 valence electrons. The topological polar surface area (TPSA) is 78.9 Å². The Morgan fingerprint density at radius 2 is 1.90 bits per heavy atom. The molecule has 1 heterocycles. The van der Waals surface area contributed by atoms with Gasteiger partial charge in [0.25, 0.3) is 0 Å². The number of piperidine rings is 1.